The molecule has 170 valence electrons. The van der Waals surface area contributed by atoms with Gasteiger partial charge >= 0.3 is 6.18 Å². The molecule has 0 unspecified atom stereocenters. The molecule has 34 heavy (non-hydrogen) atoms. The summed E-state index contributed by atoms with van der Waals surface area (Å²) in [6, 6.07) is 24.2. The van der Waals surface area contributed by atoms with Crippen molar-refractivity contribution >= 4 is 10.9 Å². The van der Waals surface area contributed by atoms with Crippen molar-refractivity contribution in [2.45, 2.75) is 25.7 Å². The van der Waals surface area contributed by atoms with E-state index in [2.05, 4.69) is 33.4 Å². The van der Waals surface area contributed by atoms with Gasteiger partial charge in [-0.15, -0.1) is 0 Å². The van der Waals surface area contributed by atoms with E-state index in [1.807, 2.05) is 12.1 Å². The average Bonchev–Trinajstić information content (AvgIpc) is 3.39. The highest BCUT2D eigenvalue weighted by Crippen LogP contribution is 2.41. The zero-order valence-corrected chi connectivity index (χ0v) is 18.1. The summed E-state index contributed by atoms with van der Waals surface area (Å²) in [5.74, 6) is -0.270. The minimum Gasteiger partial charge on any atom is -0.339 e. The molecule has 1 aliphatic rings. The van der Waals surface area contributed by atoms with Crippen molar-refractivity contribution < 1.29 is 17.6 Å². The summed E-state index contributed by atoms with van der Waals surface area (Å²) in [5, 5.41) is 1.17. The number of alkyl halides is 3. The number of rotatable bonds is 3. The summed E-state index contributed by atoms with van der Waals surface area (Å²) < 4.78 is 57.0. The molecule has 3 aromatic carbocycles. The van der Waals surface area contributed by atoms with Crippen molar-refractivity contribution in [3.63, 3.8) is 0 Å². The Hall–Kier alpha value is -3.80. The molecule has 0 saturated heterocycles. The van der Waals surface area contributed by atoms with Gasteiger partial charge in [-0.2, -0.15) is 13.2 Å². The van der Waals surface area contributed by atoms with Crippen LogP contribution in [-0.2, 0) is 25.7 Å². The lowest BCUT2D eigenvalue weighted by atomic mass is 10.0. The van der Waals surface area contributed by atoms with Crippen LogP contribution in [0.5, 0.6) is 0 Å². The van der Waals surface area contributed by atoms with E-state index in [4.69, 9.17) is 0 Å². The van der Waals surface area contributed by atoms with Gasteiger partial charge in [0.05, 0.1) is 17.0 Å². The number of para-hydroxylation sites is 1. The molecule has 6 rings (SSSR count). The third kappa shape index (κ3) is 3.33. The molecule has 3 heterocycles. The van der Waals surface area contributed by atoms with E-state index in [0.717, 1.165) is 58.8 Å². The van der Waals surface area contributed by atoms with Crippen molar-refractivity contribution in [1.29, 1.82) is 0 Å². The van der Waals surface area contributed by atoms with Gasteiger partial charge in [-0.05, 0) is 77.7 Å². The van der Waals surface area contributed by atoms with E-state index >= 15 is 0 Å². The Bertz CT molecular complexity index is 1500. The molecule has 2 nitrogen and oxygen atoms in total. The van der Waals surface area contributed by atoms with Crippen LogP contribution in [-0.4, -0.2) is 9.13 Å². The summed E-state index contributed by atoms with van der Waals surface area (Å²) >= 11 is 0. The fraction of sp³-hybridized carbons (Fsp3) is 0.143. The maximum Gasteiger partial charge on any atom is 0.416 e. The van der Waals surface area contributed by atoms with Crippen molar-refractivity contribution in [3.05, 3.63) is 107 Å². The molecule has 0 spiro atoms. The molecular weight excluding hydrogens is 440 g/mol. The molecule has 0 saturated carbocycles. The Morgan fingerprint density at radius 2 is 1.47 bits per heavy atom. The summed E-state index contributed by atoms with van der Waals surface area (Å²) in [4.78, 5) is 0. The number of aryl methyl sites for hydroxylation is 1. The van der Waals surface area contributed by atoms with E-state index in [1.54, 1.807) is 24.3 Å². The van der Waals surface area contributed by atoms with Gasteiger partial charge in [0.1, 0.15) is 5.82 Å². The third-order valence-electron chi connectivity index (χ3n) is 6.65. The first-order chi connectivity index (χ1) is 16.4. The van der Waals surface area contributed by atoms with E-state index in [9.17, 15) is 17.6 Å². The number of hydrogen-bond acceptors (Lipinski definition) is 0. The molecule has 0 aliphatic carbocycles. The quantitative estimate of drug-likeness (QED) is 0.246. The second-order valence-electron chi connectivity index (χ2n) is 8.64. The smallest absolute Gasteiger partial charge is 0.339 e. The van der Waals surface area contributed by atoms with Gasteiger partial charge < -0.3 is 9.13 Å². The van der Waals surface area contributed by atoms with Crippen LogP contribution in [0.4, 0.5) is 17.6 Å². The van der Waals surface area contributed by atoms with Crippen molar-refractivity contribution in [1.82, 2.24) is 9.13 Å². The second-order valence-corrected chi connectivity index (χ2v) is 8.64. The van der Waals surface area contributed by atoms with Gasteiger partial charge in [0.2, 0.25) is 0 Å². The predicted molar refractivity (Wildman–Crippen MR) is 125 cm³/mol. The van der Waals surface area contributed by atoms with E-state index in [1.165, 1.54) is 23.1 Å². The first-order valence-electron chi connectivity index (χ1n) is 11.1. The minimum atomic E-state index is -4.35. The standard InChI is InChI=1S/C28H20F4N2/c29-21-11-7-19(8-12-21)24-13-14-26-27-23(15-16-33(24)26)22-3-1-2-4-25(22)34(27)17-18-5-9-20(10-6-18)28(30,31)32/h1-14H,15-17H2. The van der Waals surface area contributed by atoms with Gasteiger partial charge in [-0.1, -0.05) is 30.3 Å². The van der Waals surface area contributed by atoms with E-state index in [-0.39, 0.29) is 5.82 Å². The summed E-state index contributed by atoms with van der Waals surface area (Å²) in [6.45, 7) is 1.27. The highest BCUT2D eigenvalue weighted by molar-refractivity contribution is 5.92. The summed E-state index contributed by atoms with van der Waals surface area (Å²) in [5.41, 5.74) is 6.58. The fourth-order valence-corrected chi connectivity index (χ4v) is 5.08. The Balaban J connectivity index is 1.49. The van der Waals surface area contributed by atoms with Gasteiger partial charge in [-0.3, -0.25) is 0 Å². The van der Waals surface area contributed by atoms with Crippen molar-refractivity contribution in [3.8, 4) is 22.6 Å². The van der Waals surface area contributed by atoms with Crippen LogP contribution in [0.25, 0.3) is 33.5 Å². The second kappa shape index (κ2) is 7.62. The largest absolute Gasteiger partial charge is 0.416 e. The minimum absolute atomic E-state index is 0.270. The lowest BCUT2D eigenvalue weighted by molar-refractivity contribution is -0.137. The molecule has 0 bridgehead atoms. The summed E-state index contributed by atoms with van der Waals surface area (Å²) in [7, 11) is 0. The molecule has 0 N–H and O–H groups in total. The number of nitrogens with zero attached hydrogens (tertiary/aromatic N) is 2. The highest BCUT2D eigenvalue weighted by Gasteiger charge is 2.30. The van der Waals surface area contributed by atoms with Crippen LogP contribution in [0, 0.1) is 5.82 Å². The van der Waals surface area contributed by atoms with Gasteiger partial charge in [0.15, 0.2) is 0 Å². The first kappa shape index (κ1) is 20.8. The number of halogens is 4. The third-order valence-corrected chi connectivity index (χ3v) is 6.65. The number of benzene rings is 3. The van der Waals surface area contributed by atoms with Gasteiger partial charge in [0.25, 0.3) is 0 Å². The summed E-state index contributed by atoms with van der Waals surface area (Å²) in [6.07, 6.45) is -3.51. The molecule has 6 heteroatoms. The van der Waals surface area contributed by atoms with Crippen LogP contribution in [0.1, 0.15) is 16.7 Å². The monoisotopic (exact) mass is 460 g/mol. The average molecular weight is 460 g/mol. The molecule has 0 fully saturated rings. The fourth-order valence-electron chi connectivity index (χ4n) is 5.08. The zero-order chi connectivity index (χ0) is 23.4. The molecule has 1 aliphatic heterocycles. The number of aromatic nitrogens is 2. The maximum atomic E-state index is 13.5. The molecule has 5 aromatic rings. The molecule has 0 atom stereocenters. The topological polar surface area (TPSA) is 9.86 Å². The maximum absolute atomic E-state index is 13.5. The Morgan fingerprint density at radius 3 is 2.21 bits per heavy atom. The molecule has 0 amide bonds. The predicted octanol–water partition coefficient (Wildman–Crippen LogP) is 7.54. The molecular formula is C28H20F4N2. The SMILES string of the molecule is Fc1ccc(-c2ccc3n2CCc2c-3n(Cc3ccc(C(F)(F)F)cc3)c3ccccc23)cc1. The Labute approximate surface area is 193 Å². The molecule has 0 radical (unpaired) electrons. The van der Waals surface area contributed by atoms with Gasteiger partial charge in [0, 0.05) is 29.7 Å². The lowest BCUT2D eigenvalue weighted by Crippen LogP contribution is -2.14. The number of hydrogen-bond donors (Lipinski definition) is 0. The molecule has 2 aromatic heterocycles. The van der Waals surface area contributed by atoms with Crippen molar-refractivity contribution in [2.24, 2.45) is 0 Å². The highest BCUT2D eigenvalue weighted by atomic mass is 19.4. The Kier molecular flexibility index (Phi) is 4.66. The van der Waals surface area contributed by atoms with Crippen LogP contribution in [0.2, 0.25) is 0 Å². The number of fused-ring (bicyclic) bond motifs is 5. The van der Waals surface area contributed by atoms with Crippen LogP contribution in [0.15, 0.2) is 84.9 Å². The normalized spacial score (nSPS) is 13.2. The van der Waals surface area contributed by atoms with Crippen LogP contribution < -0.4 is 0 Å². The van der Waals surface area contributed by atoms with Crippen LogP contribution in [0.3, 0.4) is 0 Å². The Morgan fingerprint density at radius 1 is 0.765 bits per heavy atom. The van der Waals surface area contributed by atoms with Gasteiger partial charge in [-0.25, -0.2) is 4.39 Å². The zero-order valence-electron chi connectivity index (χ0n) is 18.1. The van der Waals surface area contributed by atoms with E-state index < -0.39 is 11.7 Å². The van der Waals surface area contributed by atoms with E-state index in [0.29, 0.717) is 6.54 Å². The van der Waals surface area contributed by atoms with Crippen molar-refractivity contribution in [2.75, 3.05) is 0 Å². The van der Waals surface area contributed by atoms with Crippen LogP contribution >= 0.6 is 0 Å². The first-order valence-corrected chi connectivity index (χ1v) is 11.1. The lowest BCUT2D eigenvalue weighted by Gasteiger charge is -2.22.